The average molecular weight is 318 g/mol. The molecule has 1 aromatic carbocycles. The molecule has 1 aromatic rings. The second kappa shape index (κ2) is 8.11. The molecule has 2 atom stereocenters. The molecule has 2 rings (SSSR count). The van der Waals surface area contributed by atoms with Gasteiger partial charge in [-0.1, -0.05) is 44.2 Å². The van der Waals surface area contributed by atoms with Crippen LogP contribution in [-0.2, 0) is 16.0 Å². The molecular weight excluding hydrogens is 292 g/mol. The van der Waals surface area contributed by atoms with Crippen molar-refractivity contribution in [1.82, 2.24) is 10.2 Å². The van der Waals surface area contributed by atoms with Crippen LogP contribution in [0.5, 0.6) is 0 Å². The maximum atomic E-state index is 12.5. The highest BCUT2D eigenvalue weighted by Crippen LogP contribution is 2.19. The molecule has 1 fully saturated rings. The highest BCUT2D eigenvalue weighted by Gasteiger charge is 2.34. The summed E-state index contributed by atoms with van der Waals surface area (Å²) < 4.78 is 0. The number of amides is 2. The Balaban J connectivity index is 1.87. The number of aliphatic hydroxyl groups excluding tert-OH is 1. The zero-order chi connectivity index (χ0) is 16.8. The van der Waals surface area contributed by atoms with Crippen LogP contribution in [0.15, 0.2) is 30.3 Å². The van der Waals surface area contributed by atoms with E-state index in [-0.39, 0.29) is 24.3 Å². The van der Waals surface area contributed by atoms with Gasteiger partial charge in [-0.15, -0.1) is 0 Å². The first-order valence-electron chi connectivity index (χ1n) is 8.28. The van der Waals surface area contributed by atoms with Crippen LogP contribution in [0.1, 0.15) is 32.3 Å². The Hall–Kier alpha value is -1.88. The van der Waals surface area contributed by atoms with Gasteiger partial charge in [-0.05, 0) is 17.9 Å². The Bertz CT molecular complexity index is 530. The van der Waals surface area contributed by atoms with Gasteiger partial charge in [-0.2, -0.15) is 0 Å². The number of carbonyl (C=O) groups is 2. The van der Waals surface area contributed by atoms with Gasteiger partial charge in [0.05, 0.1) is 6.10 Å². The number of hydrogen-bond acceptors (Lipinski definition) is 3. The Morgan fingerprint density at radius 1 is 1.30 bits per heavy atom. The van der Waals surface area contributed by atoms with Gasteiger partial charge in [-0.25, -0.2) is 0 Å². The van der Waals surface area contributed by atoms with Crippen molar-refractivity contribution in [2.45, 2.75) is 45.3 Å². The van der Waals surface area contributed by atoms with E-state index in [4.69, 9.17) is 0 Å². The summed E-state index contributed by atoms with van der Waals surface area (Å²) in [6.07, 6.45) is 1.19. The van der Waals surface area contributed by atoms with Crippen LogP contribution in [0.4, 0.5) is 0 Å². The largest absolute Gasteiger partial charge is 0.391 e. The number of nitrogens with one attached hydrogen (secondary N) is 1. The minimum atomic E-state index is -0.636. The molecule has 2 amide bonds. The molecule has 5 heteroatoms. The third kappa shape index (κ3) is 4.79. The lowest BCUT2D eigenvalue weighted by Crippen LogP contribution is -2.51. The van der Waals surface area contributed by atoms with Crippen molar-refractivity contribution in [3.05, 3.63) is 35.9 Å². The van der Waals surface area contributed by atoms with Crippen LogP contribution in [0.2, 0.25) is 0 Å². The number of aliphatic hydroxyl groups is 1. The number of hydrogen-bond donors (Lipinski definition) is 2. The molecule has 0 aromatic heterocycles. The molecule has 0 unspecified atom stereocenters. The monoisotopic (exact) mass is 318 g/mol. The van der Waals surface area contributed by atoms with Crippen molar-refractivity contribution >= 4 is 11.8 Å². The lowest BCUT2D eigenvalue weighted by molar-refractivity contribution is -0.139. The third-order valence-corrected chi connectivity index (χ3v) is 4.17. The van der Waals surface area contributed by atoms with Gasteiger partial charge in [0, 0.05) is 25.9 Å². The molecule has 1 aliphatic heterocycles. The van der Waals surface area contributed by atoms with Gasteiger partial charge < -0.3 is 15.3 Å². The molecule has 1 heterocycles. The van der Waals surface area contributed by atoms with Gasteiger partial charge in [0.15, 0.2) is 0 Å². The van der Waals surface area contributed by atoms with E-state index < -0.39 is 12.1 Å². The van der Waals surface area contributed by atoms with Gasteiger partial charge in [-0.3, -0.25) is 9.59 Å². The predicted molar refractivity (Wildman–Crippen MR) is 88.7 cm³/mol. The first kappa shape index (κ1) is 17.5. The third-order valence-electron chi connectivity index (χ3n) is 4.17. The lowest BCUT2D eigenvalue weighted by atomic mass is 10.0. The number of benzene rings is 1. The van der Waals surface area contributed by atoms with E-state index in [9.17, 15) is 14.7 Å². The lowest BCUT2D eigenvalue weighted by Gasteiger charge is -2.30. The Labute approximate surface area is 137 Å². The minimum absolute atomic E-state index is 0.0447. The fourth-order valence-corrected chi connectivity index (χ4v) is 3.05. The molecule has 0 spiro atoms. The quantitative estimate of drug-likeness (QED) is 0.797. The maximum absolute atomic E-state index is 12.5. The van der Waals surface area contributed by atoms with Crippen LogP contribution in [-0.4, -0.2) is 47.1 Å². The zero-order valence-corrected chi connectivity index (χ0v) is 13.9. The summed E-state index contributed by atoms with van der Waals surface area (Å²) >= 11 is 0. The summed E-state index contributed by atoms with van der Waals surface area (Å²) in [6.45, 7) is 4.72. The summed E-state index contributed by atoms with van der Waals surface area (Å²) in [5, 5.41) is 12.9. The van der Waals surface area contributed by atoms with Crippen LogP contribution in [0.3, 0.4) is 0 Å². The zero-order valence-electron chi connectivity index (χ0n) is 13.9. The van der Waals surface area contributed by atoms with Crippen molar-refractivity contribution in [2.24, 2.45) is 5.92 Å². The predicted octanol–water partition coefficient (Wildman–Crippen LogP) is 1.35. The molecule has 1 saturated heterocycles. The average Bonchev–Trinajstić information content (AvgIpc) is 2.92. The SMILES string of the molecule is CC(C)[C@@H](C(=O)NC[C@@H](O)Cc1ccccc1)N1CCCC1=O. The second-order valence-corrected chi connectivity index (χ2v) is 6.47. The summed E-state index contributed by atoms with van der Waals surface area (Å²) in [7, 11) is 0. The molecule has 0 bridgehead atoms. The Kier molecular flexibility index (Phi) is 6.16. The summed E-state index contributed by atoms with van der Waals surface area (Å²) in [5.41, 5.74) is 1.03. The molecular formula is C18H26N2O3. The Morgan fingerprint density at radius 2 is 2.00 bits per heavy atom. The van der Waals surface area contributed by atoms with E-state index in [2.05, 4.69) is 5.32 Å². The van der Waals surface area contributed by atoms with E-state index in [1.54, 1.807) is 4.90 Å². The van der Waals surface area contributed by atoms with E-state index in [1.165, 1.54) is 0 Å². The van der Waals surface area contributed by atoms with Crippen LogP contribution < -0.4 is 5.32 Å². The number of rotatable bonds is 7. The van der Waals surface area contributed by atoms with E-state index in [0.717, 1.165) is 12.0 Å². The van der Waals surface area contributed by atoms with Crippen LogP contribution in [0, 0.1) is 5.92 Å². The second-order valence-electron chi connectivity index (χ2n) is 6.47. The topological polar surface area (TPSA) is 69.6 Å². The number of likely N-dealkylation sites (tertiary alicyclic amines) is 1. The molecule has 2 N–H and O–H groups in total. The first-order valence-corrected chi connectivity index (χ1v) is 8.28. The summed E-state index contributed by atoms with van der Waals surface area (Å²) in [5.74, 6) is -0.0886. The van der Waals surface area contributed by atoms with Gasteiger partial charge in [0.1, 0.15) is 6.04 Å². The summed E-state index contributed by atoms with van der Waals surface area (Å²) in [6, 6.07) is 9.23. The molecule has 1 aliphatic rings. The fraction of sp³-hybridized carbons (Fsp3) is 0.556. The highest BCUT2D eigenvalue weighted by molar-refractivity contribution is 5.88. The van der Waals surface area contributed by atoms with E-state index in [0.29, 0.717) is 19.4 Å². The van der Waals surface area contributed by atoms with Gasteiger partial charge in [0.2, 0.25) is 11.8 Å². The molecule has 126 valence electrons. The number of carbonyl (C=O) groups excluding carboxylic acids is 2. The normalized spacial score (nSPS) is 17.4. The van der Waals surface area contributed by atoms with Crippen LogP contribution >= 0.6 is 0 Å². The minimum Gasteiger partial charge on any atom is -0.391 e. The van der Waals surface area contributed by atoms with Crippen LogP contribution in [0.25, 0.3) is 0 Å². The van der Waals surface area contributed by atoms with Gasteiger partial charge >= 0.3 is 0 Å². The summed E-state index contributed by atoms with van der Waals surface area (Å²) in [4.78, 5) is 26.0. The van der Waals surface area contributed by atoms with Crippen molar-refractivity contribution in [2.75, 3.05) is 13.1 Å². The molecule has 0 aliphatic carbocycles. The van der Waals surface area contributed by atoms with E-state index in [1.807, 2.05) is 44.2 Å². The highest BCUT2D eigenvalue weighted by atomic mass is 16.3. The van der Waals surface area contributed by atoms with Crippen molar-refractivity contribution in [3.63, 3.8) is 0 Å². The number of nitrogens with zero attached hydrogens (tertiary/aromatic N) is 1. The van der Waals surface area contributed by atoms with E-state index >= 15 is 0 Å². The fourth-order valence-electron chi connectivity index (χ4n) is 3.05. The van der Waals surface area contributed by atoms with Crippen molar-refractivity contribution in [3.8, 4) is 0 Å². The molecule has 0 radical (unpaired) electrons. The smallest absolute Gasteiger partial charge is 0.243 e. The Morgan fingerprint density at radius 3 is 2.57 bits per heavy atom. The molecule has 23 heavy (non-hydrogen) atoms. The molecule has 5 nitrogen and oxygen atoms in total. The standard InChI is InChI=1S/C18H26N2O3/c1-13(2)17(20-10-6-9-16(20)22)18(23)19-12-15(21)11-14-7-4-3-5-8-14/h3-5,7-8,13,15,17,21H,6,9-12H2,1-2H3,(H,19,23)/t15-,17-/m0/s1. The molecule has 0 saturated carbocycles. The first-order chi connectivity index (χ1) is 11.0. The van der Waals surface area contributed by atoms with Crippen molar-refractivity contribution < 1.29 is 14.7 Å². The maximum Gasteiger partial charge on any atom is 0.243 e. The van der Waals surface area contributed by atoms with Crippen molar-refractivity contribution in [1.29, 1.82) is 0 Å². The van der Waals surface area contributed by atoms with Gasteiger partial charge in [0.25, 0.3) is 0 Å².